The van der Waals surface area contributed by atoms with Crippen molar-refractivity contribution in [2.24, 2.45) is 39.9 Å². The fourth-order valence-electron chi connectivity index (χ4n) is 9.79. The van der Waals surface area contributed by atoms with E-state index in [0.717, 1.165) is 36.8 Å². The summed E-state index contributed by atoms with van der Waals surface area (Å²) in [6, 6.07) is 0. The van der Waals surface area contributed by atoms with Crippen LogP contribution in [0.3, 0.4) is 0 Å². The molecule has 0 unspecified atom stereocenters. The Bertz CT molecular complexity index is 994. The Morgan fingerprint density at radius 1 is 1.03 bits per heavy atom. The van der Waals surface area contributed by atoms with Crippen molar-refractivity contribution in [3.8, 4) is 0 Å². The first-order valence-electron chi connectivity index (χ1n) is 14.3. The van der Waals surface area contributed by atoms with Gasteiger partial charge in [0.2, 0.25) is 0 Å². The molecule has 4 fully saturated rings. The quantitative estimate of drug-likeness (QED) is 0.247. The van der Waals surface area contributed by atoms with Gasteiger partial charge >= 0.3 is 11.9 Å². The molecule has 3 N–H and O–H groups in total. The second-order valence-electron chi connectivity index (χ2n) is 13.6. The van der Waals surface area contributed by atoms with Crippen LogP contribution < -0.4 is 0 Å². The topological polar surface area (TPSA) is 104 Å². The van der Waals surface area contributed by atoms with Crippen LogP contribution in [-0.2, 0) is 14.3 Å². The normalized spacial score (nSPS) is 46.2. The monoisotopic (exact) mass is 516 g/mol. The molecule has 0 aromatic carbocycles. The Balaban J connectivity index is 1.82. The van der Waals surface area contributed by atoms with Crippen LogP contribution in [0.2, 0.25) is 0 Å². The third kappa shape index (κ3) is 4.40. The Hall–Kier alpha value is -1.66. The third-order valence-corrected chi connectivity index (χ3v) is 11.6. The lowest BCUT2D eigenvalue weighted by molar-refractivity contribution is -0.234. The second-order valence-corrected chi connectivity index (χ2v) is 13.6. The summed E-state index contributed by atoms with van der Waals surface area (Å²) in [4.78, 5) is 24.8. The fourth-order valence-corrected chi connectivity index (χ4v) is 9.79. The van der Waals surface area contributed by atoms with Crippen LogP contribution in [0.5, 0.6) is 0 Å². The van der Waals surface area contributed by atoms with E-state index in [1.165, 1.54) is 6.92 Å². The van der Waals surface area contributed by atoms with Crippen LogP contribution in [0, 0.1) is 39.9 Å². The third-order valence-electron chi connectivity index (χ3n) is 11.6. The van der Waals surface area contributed by atoms with Gasteiger partial charge in [-0.1, -0.05) is 39.3 Å². The zero-order valence-electron chi connectivity index (χ0n) is 23.8. The molecule has 0 heterocycles. The summed E-state index contributed by atoms with van der Waals surface area (Å²) in [6.45, 7) is 14.5. The lowest BCUT2D eigenvalue weighted by atomic mass is 9.36. The van der Waals surface area contributed by atoms with Crippen molar-refractivity contribution >= 4 is 11.9 Å². The van der Waals surface area contributed by atoms with Crippen molar-refractivity contribution in [2.45, 2.75) is 118 Å². The van der Waals surface area contributed by atoms with Crippen LogP contribution in [0.15, 0.2) is 22.8 Å². The Labute approximate surface area is 222 Å². The molecule has 6 nitrogen and oxygen atoms in total. The number of hydrogen-bond donors (Lipinski definition) is 3. The van der Waals surface area contributed by atoms with Gasteiger partial charge in [0.05, 0.1) is 12.2 Å². The van der Waals surface area contributed by atoms with E-state index >= 15 is 0 Å². The van der Waals surface area contributed by atoms with E-state index in [1.807, 2.05) is 19.9 Å². The van der Waals surface area contributed by atoms with Crippen LogP contribution in [0.1, 0.15) is 99.8 Å². The van der Waals surface area contributed by atoms with Crippen LogP contribution >= 0.6 is 0 Å². The molecule has 0 aromatic rings. The molecule has 0 saturated heterocycles. The van der Waals surface area contributed by atoms with Crippen LogP contribution in [0.25, 0.3) is 0 Å². The van der Waals surface area contributed by atoms with Gasteiger partial charge < -0.3 is 20.1 Å². The lowest BCUT2D eigenvalue weighted by Crippen LogP contribution is -2.65. The average molecular weight is 517 g/mol. The summed E-state index contributed by atoms with van der Waals surface area (Å²) in [6.07, 6.45) is 6.22. The molecule has 4 rings (SSSR count). The van der Waals surface area contributed by atoms with Crippen LogP contribution in [-0.4, -0.2) is 45.6 Å². The minimum absolute atomic E-state index is 0.0474. The van der Waals surface area contributed by atoms with Crippen LogP contribution in [0.4, 0.5) is 0 Å². The maximum atomic E-state index is 12.6. The molecule has 0 radical (unpaired) electrons. The highest BCUT2D eigenvalue weighted by Gasteiger charge is 2.70. The maximum absolute atomic E-state index is 12.6. The van der Waals surface area contributed by atoms with E-state index in [4.69, 9.17) is 4.74 Å². The Kier molecular flexibility index (Phi) is 7.53. The number of esters is 1. The number of rotatable bonds is 5. The Morgan fingerprint density at radius 3 is 2.30 bits per heavy atom. The highest BCUT2D eigenvalue weighted by molar-refractivity contribution is 5.88. The van der Waals surface area contributed by atoms with Gasteiger partial charge in [-0.05, 0) is 111 Å². The number of carboxylic acids is 1. The summed E-state index contributed by atoms with van der Waals surface area (Å²) in [7, 11) is 0. The number of fused-ring (bicyclic) bond motifs is 5. The highest BCUT2D eigenvalue weighted by Crippen LogP contribution is 2.74. The Morgan fingerprint density at radius 2 is 1.70 bits per heavy atom. The van der Waals surface area contributed by atoms with Gasteiger partial charge in [-0.3, -0.25) is 4.79 Å². The van der Waals surface area contributed by atoms with Gasteiger partial charge in [0, 0.05) is 12.5 Å². The standard InChI is InChI=1S/C31H48O6/c1-17(2)9-8-10-20(28(35)36)26-22-15-24(34)27-29(5)13-12-23(33)18(3)21(29)11-14-30(27,6)31(22,7)16-25(26)37-19(4)32/h9,18,21-25,27,33-34H,8,10-16H2,1-7H3,(H,35,36)/b26-20-/t18-,21-,22-,23+,24+,25+,27+,29+,30+,31+/m1/s1. The number of aliphatic hydroxyl groups is 2. The van der Waals surface area contributed by atoms with Crippen molar-refractivity contribution in [3.63, 3.8) is 0 Å². The van der Waals surface area contributed by atoms with Crippen molar-refractivity contribution < 1.29 is 29.6 Å². The van der Waals surface area contributed by atoms with E-state index in [2.05, 4.69) is 27.7 Å². The van der Waals surface area contributed by atoms with E-state index in [1.54, 1.807) is 0 Å². The molecule has 0 amide bonds. The second kappa shape index (κ2) is 9.82. The van der Waals surface area contributed by atoms with E-state index in [9.17, 15) is 24.9 Å². The SMILES string of the molecule is CC(=O)O[C@H]1C[C@@]2(C)[C@H](C[C@H](O)[C@H]3[C@@]4(C)CC[C@H](O)[C@H](C)[C@H]4CC[C@@]32C)/C1=C(\CCC=C(C)C)C(=O)O. The van der Waals surface area contributed by atoms with Gasteiger partial charge in [0.25, 0.3) is 0 Å². The average Bonchev–Trinajstić information content (AvgIpc) is 3.05. The van der Waals surface area contributed by atoms with Crippen molar-refractivity contribution in [3.05, 3.63) is 22.8 Å². The van der Waals surface area contributed by atoms with Gasteiger partial charge in [0.15, 0.2) is 0 Å². The molecule has 37 heavy (non-hydrogen) atoms. The number of carbonyl (C=O) groups is 2. The highest BCUT2D eigenvalue weighted by atomic mass is 16.5. The van der Waals surface area contributed by atoms with E-state index < -0.39 is 24.1 Å². The zero-order valence-corrected chi connectivity index (χ0v) is 23.8. The molecule has 0 spiro atoms. The van der Waals surface area contributed by atoms with Crippen molar-refractivity contribution in [2.75, 3.05) is 0 Å². The molecule has 0 aliphatic heterocycles. The number of hydrogen-bond acceptors (Lipinski definition) is 5. The van der Waals surface area contributed by atoms with E-state index in [0.29, 0.717) is 37.2 Å². The first kappa shape index (κ1) is 28.4. The summed E-state index contributed by atoms with van der Waals surface area (Å²) >= 11 is 0. The van der Waals surface area contributed by atoms with Crippen molar-refractivity contribution in [1.29, 1.82) is 0 Å². The minimum atomic E-state index is -0.953. The van der Waals surface area contributed by atoms with Gasteiger partial charge in [-0.25, -0.2) is 4.79 Å². The number of carbonyl (C=O) groups excluding carboxylic acids is 1. The fraction of sp³-hybridized carbons (Fsp3) is 0.806. The predicted molar refractivity (Wildman–Crippen MR) is 143 cm³/mol. The largest absolute Gasteiger partial charge is 0.478 e. The molecule has 4 aliphatic carbocycles. The lowest BCUT2D eigenvalue weighted by Gasteiger charge is -2.69. The van der Waals surface area contributed by atoms with E-state index in [-0.39, 0.29) is 40.1 Å². The van der Waals surface area contributed by atoms with Crippen molar-refractivity contribution in [1.82, 2.24) is 0 Å². The van der Waals surface area contributed by atoms with Gasteiger partial charge in [-0.15, -0.1) is 0 Å². The zero-order chi connectivity index (χ0) is 27.5. The summed E-state index contributed by atoms with van der Waals surface area (Å²) in [5.41, 5.74) is 1.57. The first-order chi connectivity index (χ1) is 17.2. The van der Waals surface area contributed by atoms with Gasteiger partial charge in [0.1, 0.15) is 6.10 Å². The summed E-state index contributed by atoms with van der Waals surface area (Å²) in [5.74, 6) is -0.909. The molecular weight excluding hydrogens is 468 g/mol. The molecule has 10 atom stereocenters. The predicted octanol–water partition coefficient (Wildman–Crippen LogP) is 5.67. The minimum Gasteiger partial charge on any atom is -0.478 e. The molecule has 6 heteroatoms. The van der Waals surface area contributed by atoms with Gasteiger partial charge in [-0.2, -0.15) is 0 Å². The number of ether oxygens (including phenoxy) is 1. The summed E-state index contributed by atoms with van der Waals surface area (Å²) < 4.78 is 5.87. The molecule has 208 valence electrons. The summed E-state index contributed by atoms with van der Waals surface area (Å²) in [5, 5.41) is 32.9. The molecule has 0 bridgehead atoms. The molecular formula is C31H48O6. The molecule has 4 saturated carbocycles. The number of allylic oxidation sites excluding steroid dienone is 2. The molecule has 0 aromatic heterocycles. The number of carboxylic acid groups (broad SMARTS) is 1. The maximum Gasteiger partial charge on any atom is 0.331 e. The first-order valence-corrected chi connectivity index (χ1v) is 14.3. The smallest absolute Gasteiger partial charge is 0.331 e. The number of aliphatic carboxylic acids is 1. The number of aliphatic hydroxyl groups excluding tert-OH is 2. The molecule has 4 aliphatic rings.